The normalized spacial score (nSPS) is 20.9. The molecular weight excluding hydrogens is 611 g/mol. The van der Waals surface area contributed by atoms with Gasteiger partial charge in [-0.3, -0.25) is 9.59 Å². The minimum absolute atomic E-state index is 0.0272. The number of likely N-dealkylation sites (tertiary alicyclic amines) is 1. The Bertz CT molecular complexity index is 1280. The topological polar surface area (TPSA) is 94.6 Å². The second kappa shape index (κ2) is 12.2. The molecule has 7 nitrogen and oxygen atoms in total. The van der Waals surface area contributed by atoms with Gasteiger partial charge < -0.3 is 20.6 Å². The van der Waals surface area contributed by atoms with Crippen LogP contribution in [-0.2, 0) is 6.42 Å². The van der Waals surface area contributed by atoms with E-state index in [-0.39, 0.29) is 23.9 Å². The van der Waals surface area contributed by atoms with Gasteiger partial charge in [0.15, 0.2) is 0 Å². The fraction of sp³-hybridized carbons (Fsp3) is 0.414. The van der Waals surface area contributed by atoms with Gasteiger partial charge in [0, 0.05) is 38.4 Å². The van der Waals surface area contributed by atoms with Gasteiger partial charge in [0.2, 0.25) is 0 Å². The van der Waals surface area contributed by atoms with Crippen molar-refractivity contribution in [2.75, 3.05) is 13.1 Å². The van der Waals surface area contributed by atoms with Crippen molar-refractivity contribution in [1.82, 2.24) is 20.5 Å². The molecule has 0 spiro atoms. The molecule has 5 rings (SSSR count). The third-order valence-electron chi connectivity index (χ3n) is 7.38. The summed E-state index contributed by atoms with van der Waals surface area (Å²) in [5.74, 6) is -0.368. The van der Waals surface area contributed by atoms with Crippen LogP contribution in [0.15, 0.2) is 53.9 Å². The monoisotopic (exact) mass is 644 g/mol. The molecule has 3 heterocycles. The van der Waals surface area contributed by atoms with Crippen LogP contribution in [0.25, 0.3) is 0 Å². The summed E-state index contributed by atoms with van der Waals surface area (Å²) in [7, 11) is 0. The Hall–Kier alpha value is -2.34. The first-order chi connectivity index (χ1) is 18.4. The van der Waals surface area contributed by atoms with Gasteiger partial charge in [0.1, 0.15) is 5.01 Å². The average molecular weight is 645 g/mol. The highest BCUT2D eigenvalue weighted by Gasteiger charge is 2.34. The summed E-state index contributed by atoms with van der Waals surface area (Å²) in [6.07, 6.45) is 3.50. The Morgan fingerprint density at radius 2 is 1.97 bits per heavy atom. The zero-order valence-electron chi connectivity index (χ0n) is 21.4. The number of amides is 2. The molecule has 2 saturated heterocycles. The number of nitrogens with one attached hydrogen (secondary N) is 2. The van der Waals surface area contributed by atoms with Crippen LogP contribution in [0.4, 0.5) is 0 Å². The lowest BCUT2D eigenvalue weighted by molar-refractivity contribution is 0.0733. The number of aryl methyl sites for hydroxylation is 1. The summed E-state index contributed by atoms with van der Waals surface area (Å²) >= 11 is 3.75. The molecule has 0 saturated carbocycles. The number of aliphatic hydroxyl groups excluding tert-OH is 1. The number of aliphatic hydroxyl groups is 1. The van der Waals surface area contributed by atoms with Gasteiger partial charge in [-0.1, -0.05) is 30.3 Å². The van der Waals surface area contributed by atoms with Gasteiger partial charge in [-0.05, 0) is 91.9 Å². The maximum Gasteiger partial charge on any atom is 0.254 e. The Morgan fingerprint density at radius 1 is 1.18 bits per heavy atom. The molecule has 9 heteroatoms. The zero-order valence-corrected chi connectivity index (χ0v) is 24.4. The summed E-state index contributed by atoms with van der Waals surface area (Å²) in [5, 5.41) is 20.6. The van der Waals surface area contributed by atoms with Crippen molar-refractivity contribution in [3.05, 3.63) is 84.9 Å². The Kier molecular flexibility index (Phi) is 8.77. The summed E-state index contributed by atoms with van der Waals surface area (Å²) in [5.41, 5.74) is 2.94. The van der Waals surface area contributed by atoms with E-state index in [1.165, 1.54) is 0 Å². The summed E-state index contributed by atoms with van der Waals surface area (Å²) < 4.78 is 0.817. The molecule has 2 amide bonds. The lowest BCUT2D eigenvalue weighted by Crippen LogP contribution is -2.52. The predicted octanol–water partition coefficient (Wildman–Crippen LogP) is 4.49. The molecule has 3 aromatic rings. The van der Waals surface area contributed by atoms with E-state index in [0.717, 1.165) is 52.1 Å². The van der Waals surface area contributed by atoms with E-state index >= 15 is 0 Å². The molecule has 0 aliphatic carbocycles. The molecule has 2 fully saturated rings. The molecule has 200 valence electrons. The maximum atomic E-state index is 13.6. The zero-order chi connectivity index (χ0) is 26.6. The first-order valence-electron chi connectivity index (χ1n) is 13.2. The predicted molar refractivity (Wildman–Crippen MR) is 157 cm³/mol. The third kappa shape index (κ3) is 6.27. The first-order valence-corrected chi connectivity index (χ1v) is 15.1. The fourth-order valence-electron chi connectivity index (χ4n) is 5.46. The van der Waals surface area contributed by atoms with E-state index in [1.54, 1.807) is 23.5 Å². The molecule has 38 heavy (non-hydrogen) atoms. The molecule has 1 aromatic heterocycles. The summed E-state index contributed by atoms with van der Waals surface area (Å²) in [4.78, 5) is 33.7. The summed E-state index contributed by atoms with van der Waals surface area (Å²) in [6, 6.07) is 14.7. The van der Waals surface area contributed by atoms with Crippen LogP contribution in [-0.4, -0.2) is 58.1 Å². The van der Waals surface area contributed by atoms with Gasteiger partial charge >= 0.3 is 0 Å². The van der Waals surface area contributed by atoms with E-state index in [2.05, 4.69) is 38.2 Å². The number of carbonyl (C=O) groups is 2. The number of carbonyl (C=O) groups excluding carboxylic acids is 2. The quantitative estimate of drug-likeness (QED) is 0.315. The van der Waals surface area contributed by atoms with Gasteiger partial charge in [-0.15, -0.1) is 11.3 Å². The van der Waals surface area contributed by atoms with Gasteiger partial charge in [0.05, 0.1) is 18.2 Å². The minimum atomic E-state index is -0.724. The second-order valence-corrected chi connectivity index (χ2v) is 12.3. The van der Waals surface area contributed by atoms with E-state index < -0.39 is 12.1 Å². The van der Waals surface area contributed by atoms with Crippen molar-refractivity contribution in [1.29, 1.82) is 0 Å². The second-order valence-electron chi connectivity index (χ2n) is 10.2. The van der Waals surface area contributed by atoms with Crippen LogP contribution >= 0.6 is 33.9 Å². The number of hydrogen-bond acceptors (Lipinski definition) is 6. The van der Waals surface area contributed by atoms with Crippen molar-refractivity contribution in [2.24, 2.45) is 0 Å². The number of aromatic nitrogens is 1. The van der Waals surface area contributed by atoms with Crippen LogP contribution in [0.1, 0.15) is 68.7 Å². The highest BCUT2D eigenvalue weighted by atomic mass is 127. The highest BCUT2D eigenvalue weighted by Crippen LogP contribution is 2.35. The number of nitrogens with zero attached hydrogens (tertiary/aromatic N) is 2. The van der Waals surface area contributed by atoms with Gasteiger partial charge in [-0.2, -0.15) is 0 Å². The number of hydrogen-bond donors (Lipinski definition) is 3. The molecular formula is C29H33IN4O3S. The SMILES string of the molecule is Cc1csc([C@H]2CCCN2C(=O)c2cc(I)cc(C(=O)N[C@@H](Cc3ccccc3)[C@H](O)[C@H]3CCCN3)c2)n1. The lowest BCUT2D eigenvalue weighted by atomic mass is 9.95. The van der Waals surface area contributed by atoms with Gasteiger partial charge in [-0.25, -0.2) is 4.98 Å². The number of halogens is 1. The third-order valence-corrected chi connectivity index (χ3v) is 9.07. The van der Waals surface area contributed by atoms with Crippen molar-refractivity contribution < 1.29 is 14.7 Å². The molecule has 0 bridgehead atoms. The average Bonchev–Trinajstić information content (AvgIpc) is 3.69. The summed E-state index contributed by atoms with van der Waals surface area (Å²) in [6.45, 7) is 3.51. The van der Waals surface area contributed by atoms with E-state index in [1.807, 2.05) is 53.6 Å². The van der Waals surface area contributed by atoms with Crippen LogP contribution in [0.3, 0.4) is 0 Å². The maximum absolute atomic E-state index is 13.6. The number of rotatable bonds is 8. The van der Waals surface area contributed by atoms with Crippen molar-refractivity contribution in [2.45, 2.75) is 63.3 Å². The molecule has 4 atom stereocenters. The first kappa shape index (κ1) is 27.2. The number of thiazole rings is 1. The number of benzene rings is 2. The molecule has 2 aliphatic rings. The van der Waals surface area contributed by atoms with Crippen LogP contribution < -0.4 is 10.6 Å². The highest BCUT2D eigenvalue weighted by molar-refractivity contribution is 14.1. The van der Waals surface area contributed by atoms with Crippen molar-refractivity contribution in [3.63, 3.8) is 0 Å². The Labute approximate surface area is 241 Å². The van der Waals surface area contributed by atoms with Gasteiger partial charge in [0.25, 0.3) is 11.8 Å². The molecule has 2 aliphatic heterocycles. The molecule has 2 aromatic carbocycles. The van der Waals surface area contributed by atoms with E-state index in [0.29, 0.717) is 24.1 Å². The fourth-order valence-corrected chi connectivity index (χ4v) is 7.08. The Morgan fingerprint density at radius 3 is 2.68 bits per heavy atom. The lowest BCUT2D eigenvalue weighted by Gasteiger charge is -2.29. The molecule has 3 N–H and O–H groups in total. The Balaban J connectivity index is 1.36. The van der Waals surface area contributed by atoms with Crippen LogP contribution in [0, 0.1) is 10.5 Å². The largest absolute Gasteiger partial charge is 0.389 e. The van der Waals surface area contributed by atoms with Crippen molar-refractivity contribution in [3.8, 4) is 0 Å². The molecule has 0 radical (unpaired) electrons. The van der Waals surface area contributed by atoms with E-state index in [9.17, 15) is 14.7 Å². The minimum Gasteiger partial charge on any atom is -0.389 e. The smallest absolute Gasteiger partial charge is 0.254 e. The van der Waals surface area contributed by atoms with Crippen molar-refractivity contribution >= 4 is 45.7 Å². The van der Waals surface area contributed by atoms with Crippen LogP contribution in [0.2, 0.25) is 0 Å². The van der Waals surface area contributed by atoms with Crippen LogP contribution in [0.5, 0.6) is 0 Å². The van der Waals surface area contributed by atoms with E-state index in [4.69, 9.17) is 0 Å². The standard InChI is InChI=1S/C29H33IN4O3S/c1-18-17-38-28(32-18)25-10-6-12-34(25)29(37)21-14-20(15-22(30)16-21)27(36)33-24(13-19-7-3-2-4-8-19)26(35)23-9-5-11-31-23/h2-4,7-8,14-17,23-26,31,35H,5-6,9-13H2,1H3,(H,33,36)/t23-,24+,25-,26-/m1/s1. The molecule has 0 unspecified atom stereocenters.